The number of fused-ring (bicyclic) bond motifs is 1. The number of aromatic nitrogens is 2. The molecule has 2 amide bonds. The van der Waals surface area contributed by atoms with E-state index in [-0.39, 0.29) is 11.8 Å². The van der Waals surface area contributed by atoms with Gasteiger partial charge in [0.2, 0.25) is 5.91 Å². The maximum Gasteiger partial charge on any atom is 0.259 e. The van der Waals surface area contributed by atoms with E-state index >= 15 is 0 Å². The van der Waals surface area contributed by atoms with Crippen LogP contribution in [0.1, 0.15) is 34.5 Å². The summed E-state index contributed by atoms with van der Waals surface area (Å²) in [4.78, 5) is 28.1. The summed E-state index contributed by atoms with van der Waals surface area (Å²) >= 11 is 0. The topological polar surface area (TPSA) is 110 Å². The third-order valence-electron chi connectivity index (χ3n) is 3.96. The maximum atomic E-state index is 12.7. The van der Waals surface area contributed by atoms with Crippen LogP contribution in [0.5, 0.6) is 0 Å². The predicted octanol–water partition coefficient (Wildman–Crippen LogP) is 2.27. The Morgan fingerprint density at radius 2 is 1.85 bits per heavy atom. The molecule has 0 aliphatic rings. The van der Waals surface area contributed by atoms with Gasteiger partial charge in [0.05, 0.1) is 22.3 Å². The number of hydrogen-bond donors (Lipinski definition) is 2. The molecule has 0 saturated carbocycles. The molecule has 8 nitrogen and oxygen atoms in total. The molecular formula is C18H20N4O4. The minimum absolute atomic E-state index is 0.145. The van der Waals surface area contributed by atoms with Gasteiger partial charge in [0.1, 0.15) is 11.5 Å². The Morgan fingerprint density at radius 3 is 2.50 bits per heavy atom. The van der Waals surface area contributed by atoms with E-state index in [2.05, 4.69) is 20.8 Å². The van der Waals surface area contributed by atoms with Gasteiger partial charge in [0.25, 0.3) is 11.6 Å². The van der Waals surface area contributed by atoms with Crippen LogP contribution in [0.4, 0.5) is 0 Å². The molecule has 0 atom stereocenters. The maximum absolute atomic E-state index is 12.7. The summed E-state index contributed by atoms with van der Waals surface area (Å²) in [6, 6.07) is 3.57. The summed E-state index contributed by atoms with van der Waals surface area (Å²) in [5, 5.41) is 9.92. The number of carbonyl (C=O) groups excluding carboxylic acids is 2. The van der Waals surface area contributed by atoms with Crippen LogP contribution in [0.2, 0.25) is 0 Å². The zero-order chi connectivity index (χ0) is 18.8. The fraction of sp³-hybridized carbons (Fsp3) is 0.333. The summed E-state index contributed by atoms with van der Waals surface area (Å²) in [5.74, 6) is 1.04. The Balaban J connectivity index is 1.97. The normalized spacial score (nSPS) is 10.9. The third kappa shape index (κ3) is 3.44. The lowest BCUT2D eigenvalue weighted by Gasteiger charge is -2.08. The Kier molecular flexibility index (Phi) is 4.75. The summed E-state index contributed by atoms with van der Waals surface area (Å²) in [7, 11) is 0. The molecule has 8 heteroatoms. The molecule has 26 heavy (non-hydrogen) atoms. The number of nitrogens with zero attached hydrogens (tertiary/aromatic N) is 2. The highest BCUT2D eigenvalue weighted by atomic mass is 16.5. The van der Waals surface area contributed by atoms with Crippen LogP contribution < -0.4 is 10.6 Å². The van der Waals surface area contributed by atoms with Gasteiger partial charge in [-0.05, 0) is 32.9 Å². The van der Waals surface area contributed by atoms with E-state index in [9.17, 15) is 9.59 Å². The summed E-state index contributed by atoms with van der Waals surface area (Å²) in [5.41, 5.74) is 2.68. The second-order valence-electron chi connectivity index (χ2n) is 6.07. The van der Waals surface area contributed by atoms with Gasteiger partial charge in [-0.1, -0.05) is 5.16 Å². The van der Waals surface area contributed by atoms with Crippen molar-refractivity contribution in [1.82, 2.24) is 20.8 Å². The molecule has 0 spiro atoms. The van der Waals surface area contributed by atoms with Crippen LogP contribution in [-0.2, 0) is 4.79 Å². The molecule has 2 N–H and O–H groups in total. The second kappa shape index (κ2) is 6.99. The molecule has 0 radical (unpaired) electrons. The lowest BCUT2D eigenvalue weighted by atomic mass is 10.1. The van der Waals surface area contributed by atoms with E-state index in [4.69, 9.17) is 8.94 Å². The summed E-state index contributed by atoms with van der Waals surface area (Å²) in [6.45, 7) is 7.54. The van der Waals surface area contributed by atoms with Gasteiger partial charge in [-0.3, -0.25) is 9.59 Å². The number of aryl methyl sites for hydroxylation is 3. The first kappa shape index (κ1) is 17.7. The molecule has 3 aromatic heterocycles. The van der Waals surface area contributed by atoms with E-state index in [0.29, 0.717) is 46.9 Å². The molecule has 136 valence electrons. The molecule has 0 saturated heterocycles. The van der Waals surface area contributed by atoms with Crippen molar-refractivity contribution >= 4 is 22.9 Å². The molecule has 0 aliphatic heterocycles. The summed E-state index contributed by atoms with van der Waals surface area (Å²) in [6.07, 6.45) is 0. The van der Waals surface area contributed by atoms with Crippen molar-refractivity contribution in [3.63, 3.8) is 0 Å². The van der Waals surface area contributed by atoms with E-state index in [1.165, 1.54) is 6.92 Å². The zero-order valence-corrected chi connectivity index (χ0v) is 15.1. The molecule has 3 heterocycles. The molecular weight excluding hydrogens is 336 g/mol. The molecule has 0 fully saturated rings. The van der Waals surface area contributed by atoms with Crippen molar-refractivity contribution in [2.24, 2.45) is 0 Å². The largest absolute Gasteiger partial charge is 0.466 e. The average molecular weight is 356 g/mol. The Morgan fingerprint density at radius 1 is 1.12 bits per heavy atom. The van der Waals surface area contributed by atoms with E-state index in [1.807, 2.05) is 19.9 Å². The third-order valence-corrected chi connectivity index (χ3v) is 3.96. The number of nitrogens with one attached hydrogen (secondary N) is 2. The monoisotopic (exact) mass is 356 g/mol. The fourth-order valence-corrected chi connectivity index (χ4v) is 2.81. The first-order valence-corrected chi connectivity index (χ1v) is 8.24. The number of furan rings is 1. The van der Waals surface area contributed by atoms with Crippen LogP contribution >= 0.6 is 0 Å². The van der Waals surface area contributed by atoms with Crippen molar-refractivity contribution in [2.45, 2.75) is 27.7 Å². The van der Waals surface area contributed by atoms with Gasteiger partial charge in [-0.25, -0.2) is 4.98 Å². The van der Waals surface area contributed by atoms with Crippen LogP contribution in [0.25, 0.3) is 22.4 Å². The Bertz CT molecular complexity index is 987. The minimum Gasteiger partial charge on any atom is -0.466 e. The number of rotatable bonds is 5. The van der Waals surface area contributed by atoms with E-state index in [0.717, 1.165) is 11.3 Å². The lowest BCUT2D eigenvalue weighted by Crippen LogP contribution is -2.33. The summed E-state index contributed by atoms with van der Waals surface area (Å²) < 4.78 is 10.8. The Hall–Kier alpha value is -3.16. The first-order chi connectivity index (χ1) is 12.4. The highest BCUT2D eigenvalue weighted by Gasteiger charge is 2.20. The molecule has 0 aromatic carbocycles. The second-order valence-corrected chi connectivity index (χ2v) is 6.07. The number of pyridine rings is 1. The number of amides is 2. The standard InChI is InChI=1S/C18H20N4O4/c1-9-7-13(11(3)25-9)15-8-14(16-10(2)22-26-18(16)21-15)17(24)20-6-5-19-12(4)23/h7-8H,5-6H2,1-4H3,(H,19,23)(H,20,24). The van der Waals surface area contributed by atoms with Gasteiger partial charge in [0, 0.05) is 25.6 Å². The molecule has 0 bridgehead atoms. The molecule has 0 unspecified atom stereocenters. The van der Waals surface area contributed by atoms with E-state index < -0.39 is 0 Å². The van der Waals surface area contributed by atoms with Crippen LogP contribution in [0.15, 0.2) is 21.1 Å². The van der Waals surface area contributed by atoms with Gasteiger partial charge >= 0.3 is 0 Å². The molecule has 3 aromatic rings. The number of carbonyl (C=O) groups is 2. The Labute approximate surface area is 149 Å². The SMILES string of the molecule is CC(=O)NCCNC(=O)c1cc(-c2cc(C)oc2C)nc2onc(C)c12. The van der Waals surface area contributed by atoms with Gasteiger partial charge in [0.15, 0.2) is 0 Å². The van der Waals surface area contributed by atoms with Crippen molar-refractivity contribution in [3.8, 4) is 11.3 Å². The highest BCUT2D eigenvalue weighted by molar-refractivity contribution is 6.07. The van der Waals surface area contributed by atoms with Gasteiger partial charge in [-0.2, -0.15) is 0 Å². The fourth-order valence-electron chi connectivity index (χ4n) is 2.81. The lowest BCUT2D eigenvalue weighted by molar-refractivity contribution is -0.118. The van der Waals surface area contributed by atoms with Crippen molar-refractivity contribution in [1.29, 1.82) is 0 Å². The zero-order valence-electron chi connectivity index (χ0n) is 15.1. The van der Waals surface area contributed by atoms with E-state index in [1.54, 1.807) is 13.0 Å². The van der Waals surface area contributed by atoms with Crippen LogP contribution in [0, 0.1) is 20.8 Å². The van der Waals surface area contributed by atoms with Gasteiger partial charge < -0.3 is 19.6 Å². The first-order valence-electron chi connectivity index (χ1n) is 8.24. The van der Waals surface area contributed by atoms with Gasteiger partial charge in [-0.15, -0.1) is 0 Å². The van der Waals surface area contributed by atoms with Crippen molar-refractivity contribution in [2.75, 3.05) is 13.1 Å². The molecule has 3 rings (SSSR count). The molecule has 0 aliphatic carbocycles. The highest BCUT2D eigenvalue weighted by Crippen LogP contribution is 2.30. The van der Waals surface area contributed by atoms with Crippen LogP contribution in [-0.4, -0.2) is 35.0 Å². The smallest absolute Gasteiger partial charge is 0.259 e. The van der Waals surface area contributed by atoms with Crippen molar-refractivity contribution in [3.05, 3.63) is 34.9 Å². The van der Waals surface area contributed by atoms with Crippen molar-refractivity contribution < 1.29 is 18.5 Å². The average Bonchev–Trinajstić information content (AvgIpc) is 3.12. The minimum atomic E-state index is -0.284. The number of hydrogen-bond acceptors (Lipinski definition) is 6. The predicted molar refractivity (Wildman–Crippen MR) is 94.7 cm³/mol. The quantitative estimate of drug-likeness (QED) is 0.679. The van der Waals surface area contributed by atoms with Crippen LogP contribution in [0.3, 0.4) is 0 Å².